The molecule has 3 unspecified atom stereocenters. The topological polar surface area (TPSA) is 89.8 Å². The normalized spacial score (nSPS) is 14.0. The summed E-state index contributed by atoms with van der Waals surface area (Å²) in [6.07, 6.45) is 40.6. The van der Waals surface area contributed by atoms with Crippen molar-refractivity contribution in [2.24, 2.45) is 0 Å². The SMILES string of the molecule is CCCCCCC/C=C/CC/C=C/C(O)C(CO)NC(=O)C(O)CCCCCCCCCCCCCCCCCCCCC. The van der Waals surface area contributed by atoms with Gasteiger partial charge >= 0.3 is 0 Å². The number of unbranched alkanes of at least 4 members (excludes halogenated alkanes) is 24. The van der Waals surface area contributed by atoms with E-state index in [0.717, 1.165) is 38.5 Å². The number of hydrogen-bond donors (Lipinski definition) is 4. The Morgan fingerprint density at radius 2 is 0.932 bits per heavy atom. The number of rotatable bonds is 34. The summed E-state index contributed by atoms with van der Waals surface area (Å²) < 4.78 is 0. The Morgan fingerprint density at radius 3 is 1.39 bits per heavy atom. The molecule has 0 aromatic heterocycles. The zero-order valence-corrected chi connectivity index (χ0v) is 29.3. The maximum Gasteiger partial charge on any atom is 0.249 e. The lowest BCUT2D eigenvalue weighted by Crippen LogP contribution is -2.48. The molecule has 0 aliphatic carbocycles. The second-order valence-electron chi connectivity index (χ2n) is 13.1. The number of aliphatic hydroxyl groups excluding tert-OH is 3. The first-order chi connectivity index (χ1) is 21.6. The quantitative estimate of drug-likeness (QED) is 0.0425. The van der Waals surface area contributed by atoms with Crippen LogP contribution in [-0.4, -0.2) is 46.1 Å². The van der Waals surface area contributed by atoms with Crippen molar-refractivity contribution in [3.05, 3.63) is 24.3 Å². The van der Waals surface area contributed by atoms with Crippen molar-refractivity contribution in [3.8, 4) is 0 Å². The summed E-state index contributed by atoms with van der Waals surface area (Å²) in [4.78, 5) is 12.4. The van der Waals surface area contributed by atoms with Crippen molar-refractivity contribution >= 4 is 5.91 Å². The van der Waals surface area contributed by atoms with Crippen LogP contribution in [0.25, 0.3) is 0 Å². The molecule has 0 aromatic carbocycles. The Hall–Kier alpha value is -1.17. The molecule has 1 amide bonds. The highest BCUT2D eigenvalue weighted by molar-refractivity contribution is 5.80. The van der Waals surface area contributed by atoms with Gasteiger partial charge in [-0.15, -0.1) is 0 Å². The van der Waals surface area contributed by atoms with Gasteiger partial charge in [0, 0.05) is 0 Å². The Kier molecular flexibility index (Phi) is 33.8. The first-order valence-corrected chi connectivity index (χ1v) is 19.2. The molecule has 0 radical (unpaired) electrons. The first-order valence-electron chi connectivity index (χ1n) is 19.2. The number of aliphatic hydroxyl groups is 3. The lowest BCUT2D eigenvalue weighted by molar-refractivity contribution is -0.131. The van der Waals surface area contributed by atoms with E-state index in [-0.39, 0.29) is 6.61 Å². The van der Waals surface area contributed by atoms with Crippen molar-refractivity contribution in [3.63, 3.8) is 0 Å². The second-order valence-corrected chi connectivity index (χ2v) is 13.1. The molecule has 0 saturated carbocycles. The molecule has 0 aliphatic rings. The fourth-order valence-electron chi connectivity index (χ4n) is 5.73. The number of carbonyl (C=O) groups excluding carboxylic acids is 1. The van der Waals surface area contributed by atoms with Gasteiger partial charge in [0.2, 0.25) is 5.91 Å². The lowest BCUT2D eigenvalue weighted by atomic mass is 10.0. The summed E-state index contributed by atoms with van der Waals surface area (Å²) in [5.74, 6) is -0.513. The van der Waals surface area contributed by atoms with Gasteiger partial charge in [-0.05, 0) is 32.1 Å². The van der Waals surface area contributed by atoms with E-state index < -0.39 is 24.2 Å². The number of hydrogen-bond acceptors (Lipinski definition) is 4. The summed E-state index contributed by atoms with van der Waals surface area (Å²) in [6, 6.07) is -0.808. The Labute approximate surface area is 273 Å². The standard InChI is InChI=1S/C39H75NO4/c1-3-5-7-9-11-13-15-16-17-18-19-20-21-22-24-26-28-30-32-34-38(43)39(44)40-36(35-41)37(42)33-31-29-27-25-23-14-12-10-8-6-4-2/h23,25,31,33,36-38,41-43H,3-22,24,26-30,32,34-35H2,1-2H3,(H,40,44)/b25-23+,33-31+. The minimum Gasteiger partial charge on any atom is -0.394 e. The third kappa shape index (κ3) is 29.5. The third-order valence-corrected chi connectivity index (χ3v) is 8.79. The molecule has 0 bridgehead atoms. The van der Waals surface area contributed by atoms with E-state index in [1.54, 1.807) is 6.08 Å². The van der Waals surface area contributed by atoms with Gasteiger partial charge in [-0.3, -0.25) is 4.79 Å². The van der Waals surface area contributed by atoms with E-state index in [9.17, 15) is 20.1 Å². The smallest absolute Gasteiger partial charge is 0.249 e. The molecule has 0 rings (SSSR count). The van der Waals surface area contributed by atoms with Crippen LogP contribution in [0, 0.1) is 0 Å². The minimum atomic E-state index is -1.10. The van der Waals surface area contributed by atoms with E-state index in [0.29, 0.717) is 6.42 Å². The van der Waals surface area contributed by atoms with Crippen LogP contribution in [0.1, 0.15) is 194 Å². The summed E-state index contributed by atoms with van der Waals surface area (Å²) in [6.45, 7) is 4.14. The van der Waals surface area contributed by atoms with Gasteiger partial charge in [0.1, 0.15) is 6.10 Å². The summed E-state index contributed by atoms with van der Waals surface area (Å²) in [7, 11) is 0. The molecule has 3 atom stereocenters. The zero-order chi connectivity index (χ0) is 32.4. The molecule has 5 heteroatoms. The van der Waals surface area contributed by atoms with Crippen LogP contribution >= 0.6 is 0 Å². The average molecular weight is 622 g/mol. The Bertz CT molecular complexity index is 650. The maximum absolute atomic E-state index is 12.4. The van der Waals surface area contributed by atoms with E-state index >= 15 is 0 Å². The van der Waals surface area contributed by atoms with Crippen LogP contribution in [0.15, 0.2) is 24.3 Å². The van der Waals surface area contributed by atoms with E-state index in [1.807, 2.05) is 6.08 Å². The molecule has 0 spiro atoms. The molecule has 0 saturated heterocycles. The highest BCUT2D eigenvalue weighted by Crippen LogP contribution is 2.15. The van der Waals surface area contributed by atoms with Crippen molar-refractivity contribution in [1.82, 2.24) is 5.32 Å². The predicted molar refractivity (Wildman–Crippen MR) is 190 cm³/mol. The molecule has 260 valence electrons. The van der Waals surface area contributed by atoms with Crippen LogP contribution in [-0.2, 0) is 4.79 Å². The highest BCUT2D eigenvalue weighted by atomic mass is 16.3. The Balaban J connectivity index is 3.69. The second kappa shape index (κ2) is 34.7. The lowest BCUT2D eigenvalue weighted by Gasteiger charge is -2.21. The van der Waals surface area contributed by atoms with Gasteiger partial charge in [0.15, 0.2) is 0 Å². The molecule has 4 N–H and O–H groups in total. The van der Waals surface area contributed by atoms with Gasteiger partial charge in [-0.25, -0.2) is 0 Å². The average Bonchev–Trinajstić information content (AvgIpc) is 3.03. The first kappa shape index (κ1) is 42.8. The fourth-order valence-corrected chi connectivity index (χ4v) is 5.73. The van der Waals surface area contributed by atoms with E-state index in [2.05, 4.69) is 31.3 Å². The third-order valence-electron chi connectivity index (χ3n) is 8.79. The highest BCUT2D eigenvalue weighted by Gasteiger charge is 2.22. The number of amides is 1. The molecule has 0 aromatic rings. The number of carbonyl (C=O) groups is 1. The van der Waals surface area contributed by atoms with Crippen molar-refractivity contribution in [2.75, 3.05) is 6.61 Å². The van der Waals surface area contributed by atoms with Crippen LogP contribution in [0.4, 0.5) is 0 Å². The summed E-state index contributed by atoms with van der Waals surface area (Å²) in [5, 5.41) is 32.9. The van der Waals surface area contributed by atoms with Crippen LogP contribution in [0.2, 0.25) is 0 Å². The monoisotopic (exact) mass is 622 g/mol. The fraction of sp³-hybridized carbons (Fsp3) is 0.872. The summed E-state index contributed by atoms with van der Waals surface area (Å²) >= 11 is 0. The van der Waals surface area contributed by atoms with Gasteiger partial charge in [-0.2, -0.15) is 0 Å². The van der Waals surface area contributed by atoms with Crippen molar-refractivity contribution in [1.29, 1.82) is 0 Å². The van der Waals surface area contributed by atoms with Gasteiger partial charge in [0.05, 0.1) is 18.8 Å². The van der Waals surface area contributed by atoms with Crippen LogP contribution in [0.3, 0.4) is 0 Å². The maximum atomic E-state index is 12.4. The zero-order valence-electron chi connectivity index (χ0n) is 29.3. The largest absolute Gasteiger partial charge is 0.394 e. The van der Waals surface area contributed by atoms with Crippen molar-refractivity contribution < 1.29 is 20.1 Å². The number of nitrogens with one attached hydrogen (secondary N) is 1. The molecule has 0 fully saturated rings. The predicted octanol–water partition coefficient (Wildman–Crippen LogP) is 10.3. The van der Waals surface area contributed by atoms with Gasteiger partial charge in [-0.1, -0.05) is 186 Å². The molecule has 0 heterocycles. The van der Waals surface area contributed by atoms with E-state index in [1.165, 1.54) is 135 Å². The molecule has 44 heavy (non-hydrogen) atoms. The van der Waals surface area contributed by atoms with Crippen LogP contribution in [0.5, 0.6) is 0 Å². The minimum absolute atomic E-state index is 0.374. The molecular formula is C39H75NO4. The number of allylic oxidation sites excluding steroid dienone is 3. The molecule has 0 aliphatic heterocycles. The summed E-state index contributed by atoms with van der Waals surface area (Å²) in [5.41, 5.74) is 0. The molecular weight excluding hydrogens is 546 g/mol. The molecule has 5 nitrogen and oxygen atoms in total. The van der Waals surface area contributed by atoms with E-state index in [4.69, 9.17) is 0 Å². The van der Waals surface area contributed by atoms with Gasteiger partial charge in [0.25, 0.3) is 0 Å². The van der Waals surface area contributed by atoms with Crippen LogP contribution < -0.4 is 5.32 Å². The van der Waals surface area contributed by atoms with Gasteiger partial charge < -0.3 is 20.6 Å². The van der Waals surface area contributed by atoms with Crippen molar-refractivity contribution in [2.45, 2.75) is 212 Å². The Morgan fingerprint density at radius 1 is 0.545 bits per heavy atom.